The van der Waals surface area contributed by atoms with Crippen molar-refractivity contribution >= 4 is 38.9 Å². The van der Waals surface area contributed by atoms with Crippen LogP contribution < -0.4 is 4.74 Å². The van der Waals surface area contributed by atoms with E-state index in [0.29, 0.717) is 0 Å². The SMILES string of the molecule is COc1ccc2c(c1)sc1nc(C)cn12.Cl. The van der Waals surface area contributed by atoms with Crippen LogP contribution in [0.2, 0.25) is 0 Å². The Bertz CT molecular complexity index is 644. The number of benzene rings is 1. The van der Waals surface area contributed by atoms with Gasteiger partial charge >= 0.3 is 0 Å². The van der Waals surface area contributed by atoms with Crippen LogP contribution in [-0.4, -0.2) is 16.5 Å². The van der Waals surface area contributed by atoms with Crippen LogP contribution in [0.25, 0.3) is 15.2 Å². The van der Waals surface area contributed by atoms with E-state index in [0.717, 1.165) is 16.4 Å². The number of aryl methyl sites for hydroxylation is 1. The second-order valence-corrected chi connectivity index (χ2v) is 4.48. The molecule has 0 fully saturated rings. The minimum Gasteiger partial charge on any atom is -0.497 e. The first kappa shape index (κ1) is 11.2. The molecule has 2 aromatic heterocycles. The molecule has 0 amide bonds. The highest BCUT2D eigenvalue weighted by atomic mass is 35.5. The Balaban J connectivity index is 0.000000963. The van der Waals surface area contributed by atoms with Gasteiger partial charge in [-0.2, -0.15) is 0 Å². The zero-order chi connectivity index (χ0) is 10.4. The summed E-state index contributed by atoms with van der Waals surface area (Å²) in [4.78, 5) is 5.48. The molecule has 0 spiro atoms. The molecule has 0 radical (unpaired) electrons. The lowest BCUT2D eigenvalue weighted by Crippen LogP contribution is -1.82. The number of fused-ring (bicyclic) bond motifs is 3. The Hall–Kier alpha value is -1.26. The minimum absolute atomic E-state index is 0. The summed E-state index contributed by atoms with van der Waals surface area (Å²) in [5.74, 6) is 0.892. The van der Waals surface area contributed by atoms with Crippen molar-refractivity contribution < 1.29 is 4.74 Å². The lowest BCUT2D eigenvalue weighted by atomic mass is 10.3. The second kappa shape index (κ2) is 3.96. The molecule has 0 aliphatic carbocycles. The average molecular weight is 255 g/mol. The normalized spacial score (nSPS) is 10.6. The molecule has 16 heavy (non-hydrogen) atoms. The maximum atomic E-state index is 5.20. The largest absolute Gasteiger partial charge is 0.497 e. The average Bonchev–Trinajstić information content (AvgIpc) is 2.72. The third kappa shape index (κ3) is 1.54. The van der Waals surface area contributed by atoms with Crippen LogP contribution in [-0.2, 0) is 0 Å². The Labute approximate surface area is 103 Å². The topological polar surface area (TPSA) is 26.5 Å². The van der Waals surface area contributed by atoms with E-state index in [4.69, 9.17) is 4.74 Å². The highest BCUT2D eigenvalue weighted by molar-refractivity contribution is 7.23. The summed E-state index contributed by atoms with van der Waals surface area (Å²) in [5.41, 5.74) is 2.25. The van der Waals surface area contributed by atoms with Gasteiger partial charge in [0.2, 0.25) is 0 Å². The summed E-state index contributed by atoms with van der Waals surface area (Å²) >= 11 is 1.68. The van der Waals surface area contributed by atoms with Gasteiger partial charge in [0.1, 0.15) is 5.75 Å². The molecule has 2 heterocycles. The van der Waals surface area contributed by atoms with Crippen molar-refractivity contribution in [2.24, 2.45) is 0 Å². The van der Waals surface area contributed by atoms with Crippen molar-refractivity contribution in [3.8, 4) is 5.75 Å². The van der Waals surface area contributed by atoms with Crippen LogP contribution in [0.1, 0.15) is 5.69 Å². The van der Waals surface area contributed by atoms with Gasteiger partial charge in [0, 0.05) is 6.20 Å². The molecule has 0 saturated heterocycles. The van der Waals surface area contributed by atoms with Gasteiger partial charge in [-0.1, -0.05) is 11.3 Å². The molecule has 1 aromatic carbocycles. The van der Waals surface area contributed by atoms with Crippen molar-refractivity contribution in [1.29, 1.82) is 0 Å². The van der Waals surface area contributed by atoms with E-state index in [9.17, 15) is 0 Å². The van der Waals surface area contributed by atoms with Crippen LogP contribution in [0.15, 0.2) is 24.4 Å². The molecule has 0 aliphatic rings. The predicted octanol–water partition coefficient (Wildman–Crippen LogP) is 3.29. The van der Waals surface area contributed by atoms with Gasteiger partial charge in [0.05, 0.1) is 23.0 Å². The van der Waals surface area contributed by atoms with Gasteiger partial charge in [0.25, 0.3) is 0 Å². The summed E-state index contributed by atoms with van der Waals surface area (Å²) in [6, 6.07) is 6.09. The number of aromatic nitrogens is 2. The van der Waals surface area contributed by atoms with E-state index >= 15 is 0 Å². The molecule has 3 rings (SSSR count). The fourth-order valence-electron chi connectivity index (χ4n) is 1.72. The van der Waals surface area contributed by atoms with E-state index in [1.54, 1.807) is 18.4 Å². The van der Waals surface area contributed by atoms with Gasteiger partial charge in [0.15, 0.2) is 4.96 Å². The van der Waals surface area contributed by atoms with Gasteiger partial charge in [-0.3, -0.25) is 4.40 Å². The smallest absolute Gasteiger partial charge is 0.194 e. The Kier molecular flexibility index (Phi) is 2.78. The summed E-state index contributed by atoms with van der Waals surface area (Å²) in [6.07, 6.45) is 2.06. The number of hydrogen-bond donors (Lipinski definition) is 0. The lowest BCUT2D eigenvalue weighted by molar-refractivity contribution is 0.415. The van der Waals surface area contributed by atoms with Gasteiger partial charge in [-0.25, -0.2) is 4.98 Å². The summed E-state index contributed by atoms with van der Waals surface area (Å²) in [7, 11) is 1.68. The summed E-state index contributed by atoms with van der Waals surface area (Å²) in [5, 5.41) is 0. The van der Waals surface area contributed by atoms with Crippen LogP contribution in [0.3, 0.4) is 0 Å². The standard InChI is InChI=1S/C11H10N2OS.ClH/c1-7-6-13-9-4-3-8(14-2)5-10(9)15-11(13)12-7;/h3-6H,1-2H3;1H. The number of hydrogen-bond acceptors (Lipinski definition) is 3. The second-order valence-electron chi connectivity index (χ2n) is 3.47. The molecular weight excluding hydrogens is 244 g/mol. The van der Waals surface area contributed by atoms with E-state index in [1.165, 1.54) is 10.2 Å². The van der Waals surface area contributed by atoms with Crippen molar-refractivity contribution in [2.45, 2.75) is 6.92 Å². The molecule has 3 aromatic rings. The van der Waals surface area contributed by atoms with Crippen LogP contribution in [0.4, 0.5) is 0 Å². The van der Waals surface area contributed by atoms with Crippen molar-refractivity contribution in [3.63, 3.8) is 0 Å². The number of thiazole rings is 1. The van der Waals surface area contributed by atoms with E-state index < -0.39 is 0 Å². The third-order valence-corrected chi connectivity index (χ3v) is 3.44. The van der Waals surface area contributed by atoms with Crippen LogP contribution in [0, 0.1) is 6.92 Å². The summed E-state index contributed by atoms with van der Waals surface area (Å²) < 4.78 is 8.52. The molecule has 0 N–H and O–H groups in total. The molecule has 0 aliphatic heterocycles. The number of imidazole rings is 1. The Morgan fingerprint density at radius 3 is 2.94 bits per heavy atom. The summed E-state index contributed by atoms with van der Waals surface area (Å²) in [6.45, 7) is 2.01. The molecule has 84 valence electrons. The van der Waals surface area contributed by atoms with E-state index in [-0.39, 0.29) is 12.4 Å². The Morgan fingerprint density at radius 1 is 1.38 bits per heavy atom. The van der Waals surface area contributed by atoms with Gasteiger partial charge in [-0.05, 0) is 25.1 Å². The first-order valence-corrected chi connectivity index (χ1v) is 5.52. The lowest BCUT2D eigenvalue weighted by Gasteiger charge is -1.97. The number of ether oxygens (including phenoxy) is 1. The number of rotatable bonds is 1. The quantitative estimate of drug-likeness (QED) is 0.666. The highest BCUT2D eigenvalue weighted by Gasteiger charge is 2.07. The fraction of sp³-hybridized carbons (Fsp3) is 0.182. The maximum Gasteiger partial charge on any atom is 0.194 e. The van der Waals surface area contributed by atoms with Crippen molar-refractivity contribution in [2.75, 3.05) is 7.11 Å². The number of halogens is 1. The van der Waals surface area contributed by atoms with Gasteiger partial charge < -0.3 is 4.74 Å². The number of nitrogens with zero attached hydrogens (tertiary/aromatic N) is 2. The zero-order valence-corrected chi connectivity index (χ0v) is 10.6. The van der Waals surface area contributed by atoms with Crippen LogP contribution in [0.5, 0.6) is 5.75 Å². The molecular formula is C11H11ClN2OS. The first-order valence-electron chi connectivity index (χ1n) is 4.70. The minimum atomic E-state index is 0. The zero-order valence-electron chi connectivity index (χ0n) is 8.93. The van der Waals surface area contributed by atoms with Crippen molar-refractivity contribution in [1.82, 2.24) is 9.38 Å². The molecule has 0 bridgehead atoms. The molecule has 0 saturated carbocycles. The van der Waals surface area contributed by atoms with Crippen LogP contribution >= 0.6 is 23.7 Å². The Morgan fingerprint density at radius 2 is 2.19 bits per heavy atom. The maximum absolute atomic E-state index is 5.20. The molecule has 0 unspecified atom stereocenters. The molecule has 3 nitrogen and oxygen atoms in total. The van der Waals surface area contributed by atoms with Gasteiger partial charge in [-0.15, -0.1) is 12.4 Å². The number of methoxy groups -OCH3 is 1. The predicted molar refractivity (Wildman–Crippen MR) is 69.1 cm³/mol. The first-order chi connectivity index (χ1) is 7.28. The highest BCUT2D eigenvalue weighted by Crippen LogP contribution is 2.29. The van der Waals surface area contributed by atoms with E-state index in [2.05, 4.69) is 21.6 Å². The van der Waals surface area contributed by atoms with Crippen molar-refractivity contribution in [3.05, 3.63) is 30.1 Å². The fourth-order valence-corrected chi connectivity index (χ4v) is 2.80. The van der Waals surface area contributed by atoms with E-state index in [1.807, 2.05) is 19.1 Å². The molecule has 5 heteroatoms. The molecule has 0 atom stereocenters. The monoisotopic (exact) mass is 254 g/mol. The third-order valence-electron chi connectivity index (χ3n) is 2.42.